The first-order chi connectivity index (χ1) is 19.4. The number of nitrogen functional groups attached to an aromatic ring is 1. The van der Waals surface area contributed by atoms with Crippen LogP contribution in [0.5, 0.6) is 5.75 Å². The summed E-state index contributed by atoms with van der Waals surface area (Å²) in [6, 6.07) is 14.3. The predicted molar refractivity (Wildman–Crippen MR) is 153 cm³/mol. The summed E-state index contributed by atoms with van der Waals surface area (Å²) in [4.78, 5) is 22.6. The van der Waals surface area contributed by atoms with Gasteiger partial charge in [0.25, 0.3) is 0 Å². The molecule has 0 amide bonds. The molecule has 4 aromatic rings. The lowest BCUT2D eigenvalue weighted by Gasteiger charge is -2.40. The van der Waals surface area contributed by atoms with Crippen molar-refractivity contribution in [1.29, 1.82) is 0 Å². The van der Waals surface area contributed by atoms with E-state index in [1.165, 1.54) is 0 Å². The van der Waals surface area contributed by atoms with E-state index in [9.17, 15) is 13.6 Å². The largest absolute Gasteiger partial charge is 0.497 e. The first kappa shape index (κ1) is 26.3. The minimum absolute atomic E-state index is 0.145. The Hall–Kier alpha value is -3.98. The van der Waals surface area contributed by atoms with Gasteiger partial charge in [-0.25, -0.2) is 13.8 Å². The van der Waals surface area contributed by atoms with E-state index in [4.69, 9.17) is 10.5 Å². The van der Waals surface area contributed by atoms with Crippen LogP contribution in [0.4, 0.5) is 20.3 Å². The van der Waals surface area contributed by atoms with Gasteiger partial charge in [0.1, 0.15) is 11.6 Å². The molecule has 208 valence electrons. The fraction of sp³-hybridized carbons (Fsp3) is 0.355. The number of benzene rings is 2. The number of nitrogens with two attached hydrogens (primary N) is 1. The second-order valence-electron chi connectivity index (χ2n) is 10.8. The van der Waals surface area contributed by atoms with Gasteiger partial charge in [0, 0.05) is 61.5 Å². The molecular formula is C31H33F2N5O2. The predicted octanol–water partition coefficient (Wildman–Crippen LogP) is 5.27. The van der Waals surface area contributed by atoms with Crippen molar-refractivity contribution in [2.75, 3.05) is 30.8 Å². The second-order valence-corrected chi connectivity index (χ2v) is 10.8. The zero-order chi connectivity index (χ0) is 27.8. The fourth-order valence-corrected chi connectivity index (χ4v) is 5.78. The number of ether oxygens (including phenoxy) is 1. The van der Waals surface area contributed by atoms with Gasteiger partial charge in [0.05, 0.1) is 24.5 Å². The molecule has 9 heteroatoms. The van der Waals surface area contributed by atoms with Crippen molar-refractivity contribution in [3.8, 4) is 5.75 Å². The Morgan fingerprint density at radius 3 is 2.65 bits per heavy atom. The molecule has 6 rings (SSSR count). The minimum Gasteiger partial charge on any atom is -0.497 e. The maximum Gasteiger partial charge on any atom is 0.193 e. The van der Waals surface area contributed by atoms with Gasteiger partial charge in [-0.05, 0) is 61.6 Å². The van der Waals surface area contributed by atoms with E-state index in [1.54, 1.807) is 13.3 Å². The highest BCUT2D eigenvalue weighted by atomic mass is 19.2. The van der Waals surface area contributed by atoms with Crippen LogP contribution < -0.4 is 20.8 Å². The number of aromatic nitrogens is 2. The zero-order valence-corrected chi connectivity index (χ0v) is 22.5. The normalized spacial score (nSPS) is 17.5. The standard InChI is InChI=1S/C31H33F2N5O2/c1-40-25-6-2-4-20(12-25)16-37(24-5-3-11-36(19-24)23-9-10-30(34)35-15-23)17-21-18-38(22-7-8-22)29-14-28(33)27(32)13-26(29)31(21)39/h2,4,6,9-10,12-15,18,22,24H,3,5,7-8,11,16-17,19H2,1H3,(H2,34,35)/t24-/m0/s1. The molecule has 2 aromatic carbocycles. The van der Waals surface area contributed by atoms with Crippen molar-refractivity contribution in [3.63, 3.8) is 0 Å². The molecule has 1 aliphatic carbocycles. The van der Waals surface area contributed by atoms with Crippen LogP contribution in [-0.2, 0) is 13.1 Å². The van der Waals surface area contributed by atoms with Gasteiger partial charge in [-0.15, -0.1) is 0 Å². The topological polar surface area (TPSA) is 76.6 Å². The summed E-state index contributed by atoms with van der Waals surface area (Å²) in [5, 5.41) is 0.225. The Balaban J connectivity index is 1.37. The molecule has 0 radical (unpaired) electrons. The Morgan fingerprint density at radius 1 is 1.07 bits per heavy atom. The SMILES string of the molecule is COc1cccc(CN(Cc2cn(C3CC3)c3cc(F)c(F)cc3c2=O)[C@H]2CCCN(c3ccc(N)nc3)C2)c1. The summed E-state index contributed by atoms with van der Waals surface area (Å²) in [5.74, 6) is -0.683. The first-order valence-corrected chi connectivity index (χ1v) is 13.8. The molecule has 0 unspecified atom stereocenters. The molecule has 0 spiro atoms. The minimum atomic E-state index is -1.00. The highest BCUT2D eigenvalue weighted by molar-refractivity contribution is 5.80. The van der Waals surface area contributed by atoms with Crippen LogP contribution in [0.15, 0.2) is 65.7 Å². The molecule has 1 atom stereocenters. The molecule has 1 saturated carbocycles. The summed E-state index contributed by atoms with van der Waals surface area (Å²) in [6.07, 6.45) is 7.53. The lowest BCUT2D eigenvalue weighted by Crippen LogP contribution is -2.48. The Bertz CT molecular complexity index is 1590. The number of rotatable bonds is 8. The van der Waals surface area contributed by atoms with Crippen molar-refractivity contribution < 1.29 is 13.5 Å². The van der Waals surface area contributed by atoms with E-state index in [-0.39, 0.29) is 22.9 Å². The van der Waals surface area contributed by atoms with Gasteiger partial charge in [0.15, 0.2) is 17.1 Å². The van der Waals surface area contributed by atoms with Crippen molar-refractivity contribution in [2.45, 2.75) is 50.9 Å². The highest BCUT2D eigenvalue weighted by Gasteiger charge is 2.29. The third-order valence-electron chi connectivity index (χ3n) is 8.03. The second kappa shape index (κ2) is 10.9. The van der Waals surface area contributed by atoms with Crippen LogP contribution in [0.3, 0.4) is 0 Å². The van der Waals surface area contributed by atoms with E-state index < -0.39 is 11.6 Å². The van der Waals surface area contributed by atoms with Gasteiger partial charge in [-0.3, -0.25) is 9.69 Å². The quantitative estimate of drug-likeness (QED) is 0.325. The van der Waals surface area contributed by atoms with E-state index >= 15 is 0 Å². The number of halogens is 2. The number of hydrogen-bond donors (Lipinski definition) is 1. The fourth-order valence-electron chi connectivity index (χ4n) is 5.78. The third kappa shape index (κ3) is 5.38. The van der Waals surface area contributed by atoms with Crippen LogP contribution in [-0.4, -0.2) is 40.7 Å². The van der Waals surface area contributed by atoms with E-state index in [0.29, 0.717) is 30.0 Å². The molecule has 3 heterocycles. The molecule has 2 fully saturated rings. The molecular weight excluding hydrogens is 512 g/mol. The zero-order valence-electron chi connectivity index (χ0n) is 22.5. The molecule has 40 heavy (non-hydrogen) atoms. The van der Waals surface area contributed by atoms with Crippen molar-refractivity contribution >= 4 is 22.4 Å². The van der Waals surface area contributed by atoms with Crippen LogP contribution in [0.25, 0.3) is 10.9 Å². The van der Waals surface area contributed by atoms with Crippen molar-refractivity contribution in [1.82, 2.24) is 14.5 Å². The van der Waals surface area contributed by atoms with Crippen LogP contribution in [0.2, 0.25) is 0 Å². The summed E-state index contributed by atoms with van der Waals surface area (Å²) in [5.41, 5.74) is 8.68. The summed E-state index contributed by atoms with van der Waals surface area (Å²) in [7, 11) is 1.65. The maximum atomic E-state index is 14.3. The number of pyridine rings is 2. The monoisotopic (exact) mass is 545 g/mol. The molecule has 2 aliphatic rings. The van der Waals surface area contributed by atoms with Crippen molar-refractivity contribution in [3.05, 3.63) is 93.9 Å². The molecule has 2 aromatic heterocycles. The number of piperidine rings is 1. The Labute approximate surface area is 231 Å². The molecule has 1 saturated heterocycles. The smallest absolute Gasteiger partial charge is 0.193 e. The average molecular weight is 546 g/mol. The Morgan fingerprint density at radius 2 is 1.90 bits per heavy atom. The van der Waals surface area contributed by atoms with Crippen LogP contribution >= 0.6 is 0 Å². The van der Waals surface area contributed by atoms with Crippen LogP contribution in [0.1, 0.15) is 42.9 Å². The van der Waals surface area contributed by atoms with E-state index in [0.717, 1.165) is 67.9 Å². The first-order valence-electron chi connectivity index (χ1n) is 13.8. The lowest BCUT2D eigenvalue weighted by atomic mass is 10.0. The van der Waals surface area contributed by atoms with Gasteiger partial charge in [-0.2, -0.15) is 0 Å². The van der Waals surface area contributed by atoms with Gasteiger partial charge >= 0.3 is 0 Å². The van der Waals surface area contributed by atoms with Gasteiger partial charge in [-0.1, -0.05) is 12.1 Å². The number of hydrogen-bond acceptors (Lipinski definition) is 6. The third-order valence-corrected chi connectivity index (χ3v) is 8.03. The van der Waals surface area contributed by atoms with E-state index in [1.807, 2.05) is 41.1 Å². The van der Waals surface area contributed by atoms with Crippen molar-refractivity contribution in [2.24, 2.45) is 0 Å². The van der Waals surface area contributed by atoms with E-state index in [2.05, 4.69) is 20.9 Å². The summed E-state index contributed by atoms with van der Waals surface area (Å²) >= 11 is 0. The Kier molecular flexibility index (Phi) is 7.14. The molecule has 1 aliphatic heterocycles. The highest BCUT2D eigenvalue weighted by Crippen LogP contribution is 2.37. The number of methoxy groups -OCH3 is 1. The van der Waals surface area contributed by atoms with Gasteiger partial charge < -0.3 is 19.9 Å². The molecule has 7 nitrogen and oxygen atoms in total. The average Bonchev–Trinajstić information content (AvgIpc) is 3.81. The maximum absolute atomic E-state index is 14.3. The molecule has 0 bridgehead atoms. The van der Waals surface area contributed by atoms with Crippen LogP contribution in [0, 0.1) is 11.6 Å². The summed E-state index contributed by atoms with van der Waals surface area (Å²) < 4.78 is 35.9. The van der Waals surface area contributed by atoms with Gasteiger partial charge in [0.2, 0.25) is 0 Å². The summed E-state index contributed by atoms with van der Waals surface area (Å²) in [6.45, 7) is 2.66. The number of nitrogens with zero attached hydrogens (tertiary/aromatic N) is 4. The lowest BCUT2D eigenvalue weighted by molar-refractivity contribution is 0.158. The number of anilines is 2. The molecule has 2 N–H and O–H groups in total. The number of fused-ring (bicyclic) bond motifs is 1.